The molecule has 0 saturated heterocycles. The van der Waals surface area contributed by atoms with E-state index >= 15 is 0 Å². The minimum Gasteiger partial charge on any atom is -0.198 e. The topological polar surface area (TPSA) is 23.8 Å². The number of nitrogens with zero attached hydrogens (tertiary/aromatic N) is 1. The molecular weight excluding hydrogens is 273 g/mol. The highest BCUT2D eigenvalue weighted by molar-refractivity contribution is 14.1. The van der Waals surface area contributed by atoms with Gasteiger partial charge >= 0.3 is 0 Å². The Hall–Kier alpha value is -0.0400. The van der Waals surface area contributed by atoms with Crippen LogP contribution in [0.1, 0.15) is 40.0 Å². The standard InChI is InChI=1S/C11H16IN/c1-8-4-5-10(12)11(2,3)9(8)6-7-13/h10H,4-6H2,1-3H3/t10-/m0/s1. The van der Waals surface area contributed by atoms with E-state index in [1.165, 1.54) is 24.0 Å². The van der Waals surface area contributed by atoms with Crippen molar-refractivity contribution in [1.29, 1.82) is 5.26 Å². The van der Waals surface area contributed by atoms with Gasteiger partial charge in [-0.05, 0) is 25.2 Å². The second-order valence-corrected chi connectivity index (χ2v) is 5.83. The van der Waals surface area contributed by atoms with Crippen LogP contribution in [0, 0.1) is 16.7 Å². The lowest BCUT2D eigenvalue weighted by molar-refractivity contribution is 0.388. The van der Waals surface area contributed by atoms with Crippen LogP contribution in [0.25, 0.3) is 0 Å². The number of hydrogen-bond acceptors (Lipinski definition) is 1. The van der Waals surface area contributed by atoms with Crippen LogP contribution < -0.4 is 0 Å². The van der Waals surface area contributed by atoms with Gasteiger partial charge in [0.1, 0.15) is 0 Å². The van der Waals surface area contributed by atoms with Crippen molar-refractivity contribution in [3.05, 3.63) is 11.1 Å². The molecule has 1 aliphatic rings. The van der Waals surface area contributed by atoms with Gasteiger partial charge in [0.2, 0.25) is 0 Å². The molecule has 0 fully saturated rings. The molecule has 0 heterocycles. The van der Waals surface area contributed by atoms with E-state index < -0.39 is 0 Å². The molecule has 0 aromatic carbocycles. The van der Waals surface area contributed by atoms with Crippen molar-refractivity contribution < 1.29 is 0 Å². The average molecular weight is 289 g/mol. The first-order chi connectivity index (χ1) is 6.00. The van der Waals surface area contributed by atoms with E-state index in [1.54, 1.807) is 0 Å². The lowest BCUT2D eigenvalue weighted by Gasteiger charge is -2.38. The van der Waals surface area contributed by atoms with E-state index in [9.17, 15) is 0 Å². The molecule has 1 nitrogen and oxygen atoms in total. The fraction of sp³-hybridized carbons (Fsp3) is 0.727. The predicted octanol–water partition coefficient (Wildman–Crippen LogP) is 3.84. The maximum atomic E-state index is 8.77. The molecule has 72 valence electrons. The third-order valence-corrected chi connectivity index (χ3v) is 5.28. The molecular formula is C11H16IN. The molecule has 0 aliphatic heterocycles. The maximum absolute atomic E-state index is 8.77. The van der Waals surface area contributed by atoms with Gasteiger partial charge in [0, 0.05) is 3.92 Å². The van der Waals surface area contributed by atoms with Crippen molar-refractivity contribution in [2.24, 2.45) is 5.41 Å². The average Bonchev–Trinajstić information content (AvgIpc) is 2.06. The highest BCUT2D eigenvalue weighted by atomic mass is 127. The van der Waals surface area contributed by atoms with Gasteiger partial charge in [-0.25, -0.2) is 0 Å². The third-order valence-electron chi connectivity index (χ3n) is 3.10. The summed E-state index contributed by atoms with van der Waals surface area (Å²) in [5.74, 6) is 0. The van der Waals surface area contributed by atoms with E-state index in [4.69, 9.17) is 5.26 Å². The third kappa shape index (κ3) is 2.07. The first kappa shape index (κ1) is 11.0. The first-order valence-electron chi connectivity index (χ1n) is 4.70. The number of rotatable bonds is 1. The molecule has 0 bridgehead atoms. The zero-order valence-corrected chi connectivity index (χ0v) is 10.7. The first-order valence-corrected chi connectivity index (χ1v) is 5.95. The Kier molecular flexibility index (Phi) is 3.39. The number of halogens is 1. The van der Waals surface area contributed by atoms with Crippen LogP contribution >= 0.6 is 22.6 Å². The fourth-order valence-electron chi connectivity index (χ4n) is 2.05. The molecule has 0 unspecified atom stereocenters. The smallest absolute Gasteiger partial charge is 0.0666 e. The van der Waals surface area contributed by atoms with Crippen LogP contribution in [0.4, 0.5) is 0 Å². The number of allylic oxidation sites excluding steroid dienone is 2. The van der Waals surface area contributed by atoms with E-state index in [-0.39, 0.29) is 5.41 Å². The molecule has 1 atom stereocenters. The summed E-state index contributed by atoms with van der Waals surface area (Å²) in [5.41, 5.74) is 3.04. The molecule has 13 heavy (non-hydrogen) atoms. The Morgan fingerprint density at radius 1 is 1.62 bits per heavy atom. The lowest BCUT2D eigenvalue weighted by Crippen LogP contribution is -2.30. The molecule has 0 spiro atoms. The van der Waals surface area contributed by atoms with Crippen LogP contribution in [-0.2, 0) is 0 Å². The second-order valence-electron chi connectivity index (χ2n) is 4.32. The molecule has 1 rings (SSSR count). The molecule has 0 aromatic rings. The summed E-state index contributed by atoms with van der Waals surface area (Å²) in [6.07, 6.45) is 3.04. The van der Waals surface area contributed by atoms with Gasteiger partial charge in [-0.15, -0.1) is 0 Å². The van der Waals surface area contributed by atoms with Crippen molar-refractivity contribution in [2.45, 2.75) is 44.0 Å². The van der Waals surface area contributed by atoms with Crippen LogP contribution in [0.3, 0.4) is 0 Å². The zero-order valence-electron chi connectivity index (χ0n) is 8.52. The summed E-state index contributed by atoms with van der Waals surface area (Å²) in [5, 5.41) is 8.77. The van der Waals surface area contributed by atoms with Crippen molar-refractivity contribution in [1.82, 2.24) is 0 Å². The summed E-state index contributed by atoms with van der Waals surface area (Å²) in [6.45, 7) is 6.70. The summed E-state index contributed by atoms with van der Waals surface area (Å²) < 4.78 is 0.678. The van der Waals surface area contributed by atoms with Gasteiger partial charge in [-0.3, -0.25) is 0 Å². The van der Waals surface area contributed by atoms with E-state index in [2.05, 4.69) is 49.4 Å². The van der Waals surface area contributed by atoms with Gasteiger partial charge in [0.25, 0.3) is 0 Å². The molecule has 0 amide bonds. The fourth-order valence-corrected chi connectivity index (χ4v) is 2.74. The van der Waals surface area contributed by atoms with Crippen molar-refractivity contribution >= 4 is 22.6 Å². The van der Waals surface area contributed by atoms with Crippen molar-refractivity contribution in [2.75, 3.05) is 0 Å². The van der Waals surface area contributed by atoms with E-state index in [0.29, 0.717) is 10.3 Å². The Bertz CT molecular complexity index is 270. The van der Waals surface area contributed by atoms with Crippen molar-refractivity contribution in [3.8, 4) is 6.07 Å². The minimum absolute atomic E-state index is 0.221. The number of alkyl halides is 1. The van der Waals surface area contributed by atoms with Gasteiger partial charge in [-0.1, -0.05) is 47.6 Å². The Labute approximate surface area is 94.3 Å². The largest absolute Gasteiger partial charge is 0.198 e. The van der Waals surface area contributed by atoms with Crippen molar-refractivity contribution in [3.63, 3.8) is 0 Å². The molecule has 0 aromatic heterocycles. The van der Waals surface area contributed by atoms with Crippen LogP contribution in [0.2, 0.25) is 0 Å². The second kappa shape index (κ2) is 4.00. The highest BCUT2D eigenvalue weighted by Gasteiger charge is 2.35. The molecule has 1 aliphatic carbocycles. The zero-order chi connectivity index (χ0) is 10.1. The van der Waals surface area contributed by atoms with Crippen LogP contribution in [0.5, 0.6) is 0 Å². The summed E-state index contributed by atoms with van der Waals surface area (Å²) >= 11 is 2.52. The quantitative estimate of drug-likeness (QED) is 0.409. The van der Waals surface area contributed by atoms with Crippen LogP contribution in [-0.4, -0.2) is 3.92 Å². The summed E-state index contributed by atoms with van der Waals surface area (Å²) in [6, 6.07) is 2.28. The van der Waals surface area contributed by atoms with Gasteiger partial charge in [0.15, 0.2) is 0 Å². The van der Waals surface area contributed by atoms with E-state index in [0.717, 1.165) is 0 Å². The molecule has 0 radical (unpaired) electrons. The SMILES string of the molecule is CC1=C(CC#N)C(C)(C)[C@@H](I)CC1. The summed E-state index contributed by atoms with van der Waals surface area (Å²) in [4.78, 5) is 0. The summed E-state index contributed by atoms with van der Waals surface area (Å²) in [7, 11) is 0. The lowest BCUT2D eigenvalue weighted by atomic mass is 9.72. The van der Waals surface area contributed by atoms with E-state index in [1.807, 2.05) is 0 Å². The normalized spacial score (nSPS) is 27.2. The van der Waals surface area contributed by atoms with Gasteiger partial charge < -0.3 is 0 Å². The monoisotopic (exact) mass is 289 g/mol. The molecule has 0 saturated carbocycles. The Morgan fingerprint density at radius 2 is 2.23 bits per heavy atom. The van der Waals surface area contributed by atoms with Gasteiger partial charge in [0.05, 0.1) is 12.5 Å². The molecule has 2 heteroatoms. The Morgan fingerprint density at radius 3 is 2.77 bits per heavy atom. The maximum Gasteiger partial charge on any atom is 0.0666 e. The minimum atomic E-state index is 0.221. The number of nitriles is 1. The molecule has 0 N–H and O–H groups in total. The van der Waals surface area contributed by atoms with Gasteiger partial charge in [-0.2, -0.15) is 5.26 Å². The highest BCUT2D eigenvalue weighted by Crippen LogP contribution is 2.45. The van der Waals surface area contributed by atoms with Crippen LogP contribution in [0.15, 0.2) is 11.1 Å². The number of hydrogen-bond donors (Lipinski definition) is 0. The predicted molar refractivity (Wildman–Crippen MR) is 63.8 cm³/mol. The Balaban J connectivity index is 3.02.